The number of rotatable bonds is 5. The zero-order chi connectivity index (χ0) is 14.6. The van der Waals surface area contributed by atoms with Crippen LogP contribution in [0.15, 0.2) is 23.1 Å². The Kier molecular flexibility index (Phi) is 5.06. The Bertz CT molecular complexity index is 588. The lowest BCUT2D eigenvalue weighted by molar-refractivity contribution is 0.175. The van der Waals surface area contributed by atoms with Gasteiger partial charge in [0, 0.05) is 6.04 Å². The van der Waals surface area contributed by atoms with Crippen LogP contribution in [0.25, 0.3) is 0 Å². The van der Waals surface area contributed by atoms with E-state index in [-0.39, 0.29) is 10.9 Å². The summed E-state index contributed by atoms with van der Waals surface area (Å²) in [6.07, 6.45) is -0.250. The maximum Gasteiger partial charge on any atom is 0.241 e. The van der Waals surface area contributed by atoms with Crippen LogP contribution < -0.4 is 4.72 Å². The molecule has 1 aromatic rings. The molecule has 0 spiro atoms. The third-order valence-electron chi connectivity index (χ3n) is 2.66. The van der Waals surface area contributed by atoms with Gasteiger partial charge in [-0.15, -0.1) is 0 Å². The summed E-state index contributed by atoms with van der Waals surface area (Å²) in [5, 5.41) is 18.1. The molecule has 0 aliphatic rings. The van der Waals surface area contributed by atoms with Gasteiger partial charge < -0.3 is 5.11 Å². The van der Waals surface area contributed by atoms with Crippen LogP contribution in [0.5, 0.6) is 0 Å². The zero-order valence-electron chi connectivity index (χ0n) is 11.2. The van der Waals surface area contributed by atoms with Crippen LogP contribution in [0.3, 0.4) is 0 Å². The number of nitrogens with zero attached hydrogens (tertiary/aromatic N) is 1. The first kappa shape index (κ1) is 15.6. The molecule has 0 bridgehead atoms. The summed E-state index contributed by atoms with van der Waals surface area (Å²) in [7, 11) is -3.68. The van der Waals surface area contributed by atoms with Crippen LogP contribution >= 0.6 is 0 Å². The fourth-order valence-corrected chi connectivity index (χ4v) is 3.37. The van der Waals surface area contributed by atoms with E-state index in [4.69, 9.17) is 5.26 Å². The topological polar surface area (TPSA) is 90.2 Å². The highest BCUT2D eigenvalue weighted by Gasteiger charge is 2.20. The molecule has 19 heavy (non-hydrogen) atoms. The Hall–Kier alpha value is -1.42. The van der Waals surface area contributed by atoms with E-state index in [9.17, 15) is 13.5 Å². The maximum atomic E-state index is 12.2. The molecule has 0 heterocycles. The summed E-state index contributed by atoms with van der Waals surface area (Å²) in [5.41, 5.74) is 0.880. The van der Waals surface area contributed by atoms with E-state index in [1.54, 1.807) is 32.9 Å². The minimum atomic E-state index is -3.68. The van der Waals surface area contributed by atoms with Gasteiger partial charge in [0.05, 0.1) is 22.6 Å². The van der Waals surface area contributed by atoms with Crippen molar-refractivity contribution in [2.45, 2.75) is 44.2 Å². The highest BCUT2D eigenvalue weighted by molar-refractivity contribution is 7.89. The second-order valence-corrected chi connectivity index (χ2v) is 6.38. The van der Waals surface area contributed by atoms with Gasteiger partial charge in [-0.1, -0.05) is 6.07 Å². The second kappa shape index (κ2) is 6.15. The fourth-order valence-electron chi connectivity index (χ4n) is 1.85. The standard InChI is InChI=1S/C13H18N2O3S/c1-9-4-5-12(8-14)7-13(9)19(17,18)15-10(2)6-11(3)16/h4-5,7,10-11,15-16H,6H2,1-3H3. The lowest BCUT2D eigenvalue weighted by atomic mass is 10.2. The second-order valence-electron chi connectivity index (χ2n) is 4.70. The molecule has 104 valence electrons. The molecule has 2 atom stereocenters. The average molecular weight is 282 g/mol. The Morgan fingerprint density at radius 1 is 1.42 bits per heavy atom. The first-order chi connectivity index (χ1) is 8.76. The Morgan fingerprint density at radius 2 is 2.05 bits per heavy atom. The highest BCUT2D eigenvalue weighted by atomic mass is 32.2. The average Bonchev–Trinajstić information content (AvgIpc) is 2.27. The van der Waals surface area contributed by atoms with Gasteiger partial charge in [0.25, 0.3) is 0 Å². The van der Waals surface area contributed by atoms with Crippen LogP contribution in [-0.2, 0) is 10.0 Å². The molecule has 5 nitrogen and oxygen atoms in total. The Labute approximate surface area is 113 Å². The Balaban J connectivity index is 3.04. The molecule has 2 N–H and O–H groups in total. The molecule has 1 aromatic carbocycles. The lowest BCUT2D eigenvalue weighted by Crippen LogP contribution is -2.35. The van der Waals surface area contributed by atoms with Gasteiger partial charge >= 0.3 is 0 Å². The number of hydrogen-bond donors (Lipinski definition) is 2. The molecule has 0 saturated carbocycles. The van der Waals surface area contributed by atoms with E-state index in [0.717, 1.165) is 0 Å². The van der Waals surface area contributed by atoms with Gasteiger partial charge in [-0.3, -0.25) is 0 Å². The number of aliphatic hydroxyl groups is 1. The number of nitriles is 1. The van der Waals surface area contributed by atoms with Gasteiger partial charge in [0.2, 0.25) is 10.0 Å². The van der Waals surface area contributed by atoms with Crippen molar-refractivity contribution in [1.82, 2.24) is 4.72 Å². The van der Waals surface area contributed by atoms with Crippen LogP contribution in [0.1, 0.15) is 31.4 Å². The SMILES string of the molecule is Cc1ccc(C#N)cc1S(=O)(=O)NC(C)CC(C)O. The number of sulfonamides is 1. The van der Waals surface area contributed by atoms with Crippen LogP contribution in [-0.4, -0.2) is 25.7 Å². The first-order valence-corrected chi connectivity index (χ1v) is 7.45. The summed E-state index contributed by atoms with van der Waals surface area (Å²) >= 11 is 0. The van der Waals surface area contributed by atoms with Crippen molar-refractivity contribution in [1.29, 1.82) is 5.26 Å². The molecule has 6 heteroatoms. The van der Waals surface area contributed by atoms with Crippen LogP contribution in [0.4, 0.5) is 0 Å². The maximum absolute atomic E-state index is 12.2. The summed E-state index contributed by atoms with van der Waals surface area (Å²) in [4.78, 5) is 0.101. The quantitative estimate of drug-likeness (QED) is 0.852. The third kappa shape index (κ3) is 4.31. The number of aliphatic hydroxyl groups excluding tert-OH is 1. The van der Waals surface area contributed by atoms with Gasteiger partial charge in [-0.05, 0) is 44.9 Å². The number of benzene rings is 1. The van der Waals surface area contributed by atoms with E-state index < -0.39 is 16.1 Å². The summed E-state index contributed by atoms with van der Waals surface area (Å²) in [6.45, 7) is 4.97. The normalized spacial score (nSPS) is 14.7. The van der Waals surface area contributed by atoms with E-state index in [1.807, 2.05) is 6.07 Å². The first-order valence-electron chi connectivity index (χ1n) is 5.97. The molecule has 0 aliphatic carbocycles. The summed E-state index contributed by atoms with van der Waals surface area (Å²) in [6, 6.07) is 6.08. The minimum absolute atomic E-state index is 0.101. The fraction of sp³-hybridized carbons (Fsp3) is 0.462. The molecule has 2 unspecified atom stereocenters. The van der Waals surface area contributed by atoms with Crippen molar-refractivity contribution < 1.29 is 13.5 Å². The number of hydrogen-bond acceptors (Lipinski definition) is 4. The highest BCUT2D eigenvalue weighted by Crippen LogP contribution is 2.17. The molecular weight excluding hydrogens is 264 g/mol. The molecule has 0 aromatic heterocycles. The van der Waals surface area contributed by atoms with Gasteiger partial charge in [0.1, 0.15) is 0 Å². The van der Waals surface area contributed by atoms with Crippen molar-refractivity contribution in [3.63, 3.8) is 0 Å². The molecule has 0 saturated heterocycles. The number of nitrogens with one attached hydrogen (secondary N) is 1. The van der Waals surface area contributed by atoms with Gasteiger partial charge in [-0.2, -0.15) is 5.26 Å². The molecule has 0 amide bonds. The zero-order valence-corrected chi connectivity index (χ0v) is 12.0. The van der Waals surface area contributed by atoms with Crippen molar-refractivity contribution >= 4 is 10.0 Å². The third-order valence-corrected chi connectivity index (χ3v) is 4.39. The van der Waals surface area contributed by atoms with E-state index in [1.165, 1.54) is 6.07 Å². The minimum Gasteiger partial charge on any atom is -0.393 e. The Morgan fingerprint density at radius 3 is 2.58 bits per heavy atom. The molecular formula is C13H18N2O3S. The van der Waals surface area contributed by atoms with Crippen molar-refractivity contribution in [3.05, 3.63) is 29.3 Å². The largest absolute Gasteiger partial charge is 0.393 e. The van der Waals surface area contributed by atoms with Crippen molar-refractivity contribution in [2.24, 2.45) is 0 Å². The van der Waals surface area contributed by atoms with Gasteiger partial charge in [-0.25, -0.2) is 13.1 Å². The number of aryl methyl sites for hydroxylation is 1. The molecule has 1 rings (SSSR count). The van der Waals surface area contributed by atoms with Crippen molar-refractivity contribution in [2.75, 3.05) is 0 Å². The van der Waals surface area contributed by atoms with E-state index in [2.05, 4.69) is 4.72 Å². The van der Waals surface area contributed by atoms with Crippen LogP contribution in [0, 0.1) is 18.3 Å². The summed E-state index contributed by atoms with van der Waals surface area (Å²) in [5.74, 6) is 0. The predicted molar refractivity (Wildman–Crippen MR) is 72.0 cm³/mol. The van der Waals surface area contributed by atoms with Crippen LogP contribution in [0.2, 0.25) is 0 Å². The smallest absolute Gasteiger partial charge is 0.241 e. The molecule has 0 fully saturated rings. The predicted octanol–water partition coefficient (Wildman–Crippen LogP) is 1.30. The molecule has 0 aliphatic heterocycles. The van der Waals surface area contributed by atoms with E-state index >= 15 is 0 Å². The molecule has 0 radical (unpaired) electrons. The summed E-state index contributed by atoms with van der Waals surface area (Å²) < 4.78 is 26.9. The van der Waals surface area contributed by atoms with Crippen molar-refractivity contribution in [3.8, 4) is 6.07 Å². The van der Waals surface area contributed by atoms with Gasteiger partial charge in [0.15, 0.2) is 0 Å². The monoisotopic (exact) mass is 282 g/mol. The lowest BCUT2D eigenvalue weighted by Gasteiger charge is -2.16. The van der Waals surface area contributed by atoms with E-state index in [0.29, 0.717) is 17.5 Å².